The molecule has 0 radical (unpaired) electrons. The largest absolute Gasteiger partial charge is 0.477 e. The molecule has 1 saturated heterocycles. The van der Waals surface area contributed by atoms with E-state index in [2.05, 4.69) is 0 Å². The first-order chi connectivity index (χ1) is 14.0. The van der Waals surface area contributed by atoms with Gasteiger partial charge in [-0.3, -0.25) is 19.3 Å². The molecule has 30 heavy (non-hydrogen) atoms. The van der Waals surface area contributed by atoms with Gasteiger partial charge in [-0.05, 0) is 51.1 Å². The number of amides is 2. The lowest BCUT2D eigenvalue weighted by atomic mass is 9.70. The third kappa shape index (κ3) is 3.06. The van der Waals surface area contributed by atoms with Gasteiger partial charge in [-0.2, -0.15) is 0 Å². The predicted octanol–water partition coefficient (Wildman–Crippen LogP) is 2.20. The van der Waals surface area contributed by atoms with Crippen molar-refractivity contribution in [1.82, 2.24) is 4.90 Å². The van der Waals surface area contributed by atoms with Crippen LogP contribution in [0.4, 0.5) is 0 Å². The summed E-state index contributed by atoms with van der Waals surface area (Å²) in [5.74, 6) is -4.65. The Kier molecular flexibility index (Phi) is 5.41. The summed E-state index contributed by atoms with van der Waals surface area (Å²) in [6, 6.07) is 6.49. The molecule has 8 nitrogen and oxygen atoms in total. The minimum absolute atomic E-state index is 0.156. The Balaban J connectivity index is 2.28. The number of methoxy groups -OCH3 is 2. The van der Waals surface area contributed by atoms with Gasteiger partial charge in [0.15, 0.2) is 0 Å². The van der Waals surface area contributed by atoms with Crippen molar-refractivity contribution in [3.05, 3.63) is 40.9 Å². The van der Waals surface area contributed by atoms with Crippen molar-refractivity contribution >= 4 is 41.1 Å². The van der Waals surface area contributed by atoms with E-state index in [0.29, 0.717) is 10.6 Å². The fourth-order valence-electron chi connectivity index (χ4n) is 3.89. The molecule has 0 spiro atoms. The third-order valence-electron chi connectivity index (χ3n) is 5.25. The summed E-state index contributed by atoms with van der Waals surface area (Å²) in [6.07, 6.45) is -0.328. The van der Waals surface area contributed by atoms with Crippen LogP contribution in [0.1, 0.15) is 26.3 Å². The zero-order valence-electron chi connectivity index (χ0n) is 17.2. The van der Waals surface area contributed by atoms with Crippen molar-refractivity contribution in [1.29, 1.82) is 0 Å². The normalized spacial score (nSPS) is 25.9. The molecule has 0 aromatic heterocycles. The highest BCUT2D eigenvalue weighted by Crippen LogP contribution is 2.51. The van der Waals surface area contributed by atoms with Crippen LogP contribution in [0.25, 0.3) is 5.76 Å². The van der Waals surface area contributed by atoms with Gasteiger partial charge in [0.2, 0.25) is 17.4 Å². The molecular formula is C21H22ClNO7. The van der Waals surface area contributed by atoms with Crippen LogP contribution in [0.3, 0.4) is 0 Å². The topological polar surface area (TPSA) is 99.2 Å². The van der Waals surface area contributed by atoms with Crippen LogP contribution < -0.4 is 0 Å². The molecule has 2 amide bonds. The van der Waals surface area contributed by atoms with E-state index in [4.69, 9.17) is 25.8 Å². The molecule has 1 fully saturated rings. The van der Waals surface area contributed by atoms with Gasteiger partial charge in [-0.1, -0.05) is 11.6 Å². The number of benzene rings is 1. The number of nitrogens with zero attached hydrogens (tertiary/aromatic N) is 1. The van der Waals surface area contributed by atoms with Gasteiger partial charge >= 0.3 is 11.9 Å². The lowest BCUT2D eigenvalue weighted by Gasteiger charge is -2.38. The highest BCUT2D eigenvalue weighted by atomic mass is 35.5. The molecule has 0 bridgehead atoms. The number of carbonyl (C=O) groups excluding carboxylic acids is 4. The molecule has 1 aromatic rings. The molecule has 3 rings (SSSR count). The second-order valence-corrected chi connectivity index (χ2v) is 8.48. The van der Waals surface area contributed by atoms with Gasteiger partial charge in [-0.25, -0.2) is 4.79 Å². The Morgan fingerprint density at radius 2 is 1.70 bits per heavy atom. The molecule has 0 aliphatic carbocycles. The molecule has 0 unspecified atom stereocenters. The van der Waals surface area contributed by atoms with Crippen LogP contribution >= 0.6 is 11.6 Å². The van der Waals surface area contributed by atoms with Crippen molar-refractivity contribution in [2.45, 2.75) is 32.4 Å². The molecule has 2 aliphatic heterocycles. The van der Waals surface area contributed by atoms with E-state index in [0.717, 1.165) is 19.1 Å². The molecule has 1 aromatic carbocycles. The summed E-state index contributed by atoms with van der Waals surface area (Å²) in [5.41, 5.74) is -2.65. The number of likely N-dealkylation sites (tertiary alicyclic amines) is 1. The maximum absolute atomic E-state index is 13.5. The van der Waals surface area contributed by atoms with E-state index in [1.807, 2.05) is 0 Å². The summed E-state index contributed by atoms with van der Waals surface area (Å²) < 4.78 is 15.5. The lowest BCUT2D eigenvalue weighted by Crippen LogP contribution is -2.59. The van der Waals surface area contributed by atoms with Crippen molar-refractivity contribution in [2.24, 2.45) is 11.3 Å². The number of halogens is 1. The fraction of sp³-hybridized carbons (Fsp3) is 0.429. The molecule has 160 valence electrons. The van der Waals surface area contributed by atoms with Crippen LogP contribution in [0.2, 0.25) is 5.02 Å². The standard InChI is InChI=1S/C21H22ClNO7/c1-20(2,3)23-16(24)13-10-14(11-6-8-12(22)9-7-11)30-15(17(25)28-4)21(13,18(23)26)19(27)29-5/h6-10,13,15H,1-5H3/t13-,15+,21-/m0/s1. The molecule has 2 heterocycles. The van der Waals surface area contributed by atoms with E-state index >= 15 is 0 Å². The number of esters is 2. The second kappa shape index (κ2) is 7.43. The summed E-state index contributed by atoms with van der Waals surface area (Å²) in [5, 5.41) is 0.481. The number of carbonyl (C=O) groups is 4. The Bertz CT molecular complexity index is 947. The molecule has 0 N–H and O–H groups in total. The average Bonchev–Trinajstić information content (AvgIpc) is 2.94. The van der Waals surface area contributed by atoms with Crippen molar-refractivity contribution in [2.75, 3.05) is 14.2 Å². The Morgan fingerprint density at radius 3 is 2.20 bits per heavy atom. The van der Waals surface area contributed by atoms with Gasteiger partial charge in [0.1, 0.15) is 5.76 Å². The third-order valence-corrected chi connectivity index (χ3v) is 5.50. The van der Waals surface area contributed by atoms with Crippen LogP contribution in [0, 0.1) is 11.3 Å². The zero-order chi connectivity index (χ0) is 22.4. The van der Waals surface area contributed by atoms with Crippen molar-refractivity contribution in [3.63, 3.8) is 0 Å². The van der Waals surface area contributed by atoms with Gasteiger partial charge in [-0.15, -0.1) is 0 Å². The number of fused-ring (bicyclic) bond motifs is 1. The quantitative estimate of drug-likeness (QED) is 0.407. The first kappa shape index (κ1) is 21.8. The molecular weight excluding hydrogens is 414 g/mol. The smallest absolute Gasteiger partial charge is 0.348 e. The summed E-state index contributed by atoms with van der Waals surface area (Å²) in [4.78, 5) is 53.5. The van der Waals surface area contributed by atoms with Crippen molar-refractivity contribution < 1.29 is 33.4 Å². The lowest BCUT2D eigenvalue weighted by molar-refractivity contribution is -0.181. The number of ether oxygens (including phenoxy) is 3. The minimum Gasteiger partial charge on any atom is -0.477 e. The first-order valence-electron chi connectivity index (χ1n) is 9.19. The van der Waals surface area contributed by atoms with Crippen LogP contribution in [0.5, 0.6) is 0 Å². The maximum atomic E-state index is 13.5. The predicted molar refractivity (Wildman–Crippen MR) is 106 cm³/mol. The summed E-state index contributed by atoms with van der Waals surface area (Å²) >= 11 is 5.93. The summed E-state index contributed by atoms with van der Waals surface area (Å²) in [6.45, 7) is 4.97. The van der Waals surface area contributed by atoms with Gasteiger partial charge in [0.05, 0.1) is 20.1 Å². The maximum Gasteiger partial charge on any atom is 0.348 e. The highest BCUT2D eigenvalue weighted by molar-refractivity contribution is 6.30. The van der Waals surface area contributed by atoms with Crippen LogP contribution in [-0.4, -0.2) is 54.5 Å². The van der Waals surface area contributed by atoms with E-state index < -0.39 is 46.7 Å². The number of hydrogen-bond acceptors (Lipinski definition) is 7. The Morgan fingerprint density at radius 1 is 1.10 bits per heavy atom. The first-order valence-corrected chi connectivity index (χ1v) is 9.57. The fourth-order valence-corrected chi connectivity index (χ4v) is 4.01. The van der Waals surface area contributed by atoms with Gasteiger partial charge in [0.25, 0.3) is 5.91 Å². The zero-order valence-corrected chi connectivity index (χ0v) is 18.0. The van der Waals surface area contributed by atoms with E-state index in [-0.39, 0.29) is 5.76 Å². The van der Waals surface area contributed by atoms with Crippen LogP contribution in [0.15, 0.2) is 30.3 Å². The monoisotopic (exact) mass is 435 g/mol. The molecule has 3 atom stereocenters. The summed E-state index contributed by atoms with van der Waals surface area (Å²) in [7, 11) is 2.19. The molecule has 0 saturated carbocycles. The number of hydrogen-bond donors (Lipinski definition) is 0. The highest BCUT2D eigenvalue weighted by Gasteiger charge is 2.74. The van der Waals surface area contributed by atoms with Gasteiger partial charge < -0.3 is 14.2 Å². The minimum atomic E-state index is -2.22. The van der Waals surface area contributed by atoms with Gasteiger partial charge in [0, 0.05) is 16.1 Å². The van der Waals surface area contributed by atoms with E-state index in [9.17, 15) is 19.2 Å². The van der Waals surface area contributed by atoms with Crippen molar-refractivity contribution in [3.8, 4) is 0 Å². The SMILES string of the molecule is COC(=O)[C@H]1OC(c2ccc(Cl)cc2)=C[C@H]2C(=O)N(C(C)(C)C)C(=O)[C@@]12C(=O)OC. The number of imide groups is 1. The van der Waals surface area contributed by atoms with Crippen LogP contribution in [-0.2, 0) is 33.4 Å². The molecule has 2 aliphatic rings. The second-order valence-electron chi connectivity index (χ2n) is 8.05. The molecule has 9 heteroatoms. The Labute approximate surface area is 178 Å². The van der Waals surface area contributed by atoms with E-state index in [1.54, 1.807) is 45.0 Å². The number of rotatable bonds is 3. The average molecular weight is 436 g/mol. The Hall–Kier alpha value is -2.87. The van der Waals surface area contributed by atoms with E-state index in [1.165, 1.54) is 6.08 Å².